The van der Waals surface area contributed by atoms with E-state index in [1.165, 1.54) is 11.8 Å². The fraction of sp³-hybridized carbons (Fsp3) is 0.0526. The van der Waals surface area contributed by atoms with Crippen molar-refractivity contribution < 1.29 is 14.0 Å². The Balaban J connectivity index is 1.42. The standard InChI is InChI=1S/C19H15N5O3S/c20-18(26)22-12-7-5-11(6-8-12)16(25)10-28-19-24-23-17(27-19)14-9-21-15-4-2-1-3-13(14)15/h1-9,21H,10H2,(H3,20,22,26). The average molecular weight is 393 g/mol. The second-order valence-electron chi connectivity index (χ2n) is 5.90. The maximum atomic E-state index is 12.3. The number of H-pyrrole nitrogens is 1. The average Bonchev–Trinajstić information content (AvgIpc) is 3.33. The Morgan fingerprint density at radius 2 is 1.89 bits per heavy atom. The van der Waals surface area contributed by atoms with E-state index in [2.05, 4.69) is 20.5 Å². The van der Waals surface area contributed by atoms with Gasteiger partial charge in [-0.05, 0) is 30.3 Å². The number of aromatic nitrogens is 3. The first-order chi connectivity index (χ1) is 13.6. The van der Waals surface area contributed by atoms with E-state index < -0.39 is 6.03 Å². The van der Waals surface area contributed by atoms with Crippen LogP contribution in [0.4, 0.5) is 10.5 Å². The molecule has 0 aliphatic rings. The highest BCUT2D eigenvalue weighted by Crippen LogP contribution is 2.29. The number of nitrogens with one attached hydrogen (secondary N) is 2. The van der Waals surface area contributed by atoms with Crippen LogP contribution in [0.3, 0.4) is 0 Å². The molecule has 0 radical (unpaired) electrons. The zero-order valence-corrected chi connectivity index (χ0v) is 15.3. The highest BCUT2D eigenvalue weighted by molar-refractivity contribution is 7.99. The lowest BCUT2D eigenvalue weighted by atomic mass is 10.1. The van der Waals surface area contributed by atoms with Crippen LogP contribution in [0.15, 0.2) is 64.4 Å². The largest absolute Gasteiger partial charge is 0.411 e. The summed E-state index contributed by atoms with van der Waals surface area (Å²) in [4.78, 5) is 26.3. The molecule has 140 valence electrons. The van der Waals surface area contributed by atoms with Crippen molar-refractivity contribution in [2.75, 3.05) is 11.1 Å². The molecule has 4 rings (SSSR count). The molecule has 2 heterocycles. The number of rotatable bonds is 6. The number of amides is 2. The second kappa shape index (κ2) is 7.57. The number of carbonyl (C=O) groups is 2. The quantitative estimate of drug-likeness (QED) is 0.339. The molecule has 0 fully saturated rings. The van der Waals surface area contributed by atoms with Gasteiger partial charge in [0.1, 0.15) is 0 Å². The summed E-state index contributed by atoms with van der Waals surface area (Å²) in [5, 5.41) is 11.8. The second-order valence-corrected chi connectivity index (χ2v) is 6.83. The van der Waals surface area contributed by atoms with E-state index >= 15 is 0 Å². The molecule has 0 bridgehead atoms. The maximum Gasteiger partial charge on any atom is 0.316 e. The summed E-state index contributed by atoms with van der Waals surface area (Å²) in [7, 11) is 0. The minimum atomic E-state index is -0.656. The van der Waals surface area contributed by atoms with E-state index in [0.29, 0.717) is 22.4 Å². The van der Waals surface area contributed by atoms with Crippen molar-refractivity contribution in [2.45, 2.75) is 5.22 Å². The lowest BCUT2D eigenvalue weighted by molar-refractivity contribution is 0.102. The number of fused-ring (bicyclic) bond motifs is 1. The van der Waals surface area contributed by atoms with Crippen LogP contribution in [0.5, 0.6) is 0 Å². The molecular formula is C19H15N5O3S. The van der Waals surface area contributed by atoms with Crippen LogP contribution >= 0.6 is 11.8 Å². The fourth-order valence-electron chi connectivity index (χ4n) is 2.72. The van der Waals surface area contributed by atoms with Crippen molar-refractivity contribution >= 4 is 40.2 Å². The summed E-state index contributed by atoms with van der Waals surface area (Å²) >= 11 is 1.17. The van der Waals surface area contributed by atoms with E-state index in [-0.39, 0.29) is 11.5 Å². The van der Waals surface area contributed by atoms with Crippen molar-refractivity contribution in [1.29, 1.82) is 0 Å². The number of para-hydroxylation sites is 1. The van der Waals surface area contributed by atoms with E-state index in [0.717, 1.165) is 16.5 Å². The van der Waals surface area contributed by atoms with Crippen LogP contribution in [0.25, 0.3) is 22.4 Å². The number of benzene rings is 2. The normalized spacial score (nSPS) is 10.9. The SMILES string of the molecule is NC(=O)Nc1ccc(C(=O)CSc2nnc(-c3c[nH]c4ccccc34)o2)cc1. The van der Waals surface area contributed by atoms with Gasteiger partial charge in [-0.15, -0.1) is 10.2 Å². The van der Waals surface area contributed by atoms with Crippen molar-refractivity contribution in [2.24, 2.45) is 5.73 Å². The predicted molar refractivity (Wildman–Crippen MR) is 106 cm³/mol. The van der Waals surface area contributed by atoms with Crippen LogP contribution < -0.4 is 11.1 Å². The molecular weight excluding hydrogens is 378 g/mol. The number of aromatic amines is 1. The van der Waals surface area contributed by atoms with Crippen molar-refractivity contribution in [3.05, 3.63) is 60.3 Å². The summed E-state index contributed by atoms with van der Waals surface area (Å²) < 4.78 is 5.69. The Morgan fingerprint density at radius 1 is 1.11 bits per heavy atom. The van der Waals surface area contributed by atoms with Gasteiger partial charge in [0.2, 0.25) is 0 Å². The van der Waals surface area contributed by atoms with Crippen LogP contribution in [-0.4, -0.2) is 32.7 Å². The van der Waals surface area contributed by atoms with E-state index in [1.54, 1.807) is 24.3 Å². The minimum Gasteiger partial charge on any atom is -0.411 e. The number of Topliss-reactive ketones (excluding diaryl/α,β-unsaturated/α-hetero) is 1. The molecule has 2 amide bonds. The van der Waals surface area contributed by atoms with E-state index in [1.807, 2.05) is 30.5 Å². The predicted octanol–water partition coefficient (Wildman–Crippen LogP) is 3.68. The number of primary amides is 1. The highest BCUT2D eigenvalue weighted by atomic mass is 32.2. The van der Waals surface area contributed by atoms with Crippen LogP contribution in [-0.2, 0) is 0 Å². The van der Waals surface area contributed by atoms with Gasteiger partial charge < -0.3 is 20.5 Å². The number of anilines is 1. The van der Waals surface area contributed by atoms with Gasteiger partial charge in [-0.2, -0.15) is 0 Å². The molecule has 4 aromatic rings. The maximum absolute atomic E-state index is 12.3. The molecule has 2 aromatic heterocycles. The molecule has 28 heavy (non-hydrogen) atoms. The van der Waals surface area contributed by atoms with Crippen LogP contribution in [0.2, 0.25) is 0 Å². The monoisotopic (exact) mass is 393 g/mol. The molecule has 0 atom stereocenters. The Labute approximate surface area is 163 Å². The van der Waals surface area contributed by atoms with Gasteiger partial charge in [-0.3, -0.25) is 4.79 Å². The van der Waals surface area contributed by atoms with Crippen molar-refractivity contribution in [3.63, 3.8) is 0 Å². The summed E-state index contributed by atoms with van der Waals surface area (Å²) in [6.07, 6.45) is 1.82. The number of hydrogen-bond donors (Lipinski definition) is 3. The third kappa shape index (κ3) is 3.74. The first kappa shape index (κ1) is 17.8. The van der Waals surface area contributed by atoms with Gasteiger partial charge >= 0.3 is 6.03 Å². The number of carbonyl (C=O) groups excluding carboxylic acids is 2. The summed E-state index contributed by atoms with van der Waals surface area (Å²) in [6.45, 7) is 0. The number of nitrogens with zero attached hydrogens (tertiary/aromatic N) is 2. The zero-order chi connectivity index (χ0) is 19.5. The van der Waals surface area contributed by atoms with Crippen molar-refractivity contribution in [1.82, 2.24) is 15.2 Å². The van der Waals surface area contributed by atoms with Gasteiger partial charge in [0.05, 0.1) is 11.3 Å². The number of nitrogens with two attached hydrogens (primary N) is 1. The summed E-state index contributed by atoms with van der Waals surface area (Å²) in [5.74, 6) is 0.453. The molecule has 0 aliphatic carbocycles. The first-order valence-corrected chi connectivity index (χ1v) is 9.31. The molecule has 4 N–H and O–H groups in total. The molecule has 0 unspecified atom stereocenters. The van der Waals surface area contributed by atoms with Gasteiger partial charge in [0, 0.05) is 28.4 Å². The smallest absolute Gasteiger partial charge is 0.316 e. The van der Waals surface area contributed by atoms with E-state index in [9.17, 15) is 9.59 Å². The number of thioether (sulfide) groups is 1. The Bertz CT molecular complexity index is 1150. The van der Waals surface area contributed by atoms with E-state index in [4.69, 9.17) is 10.2 Å². The summed E-state index contributed by atoms with van der Waals surface area (Å²) in [6, 6.07) is 13.6. The topological polar surface area (TPSA) is 127 Å². The van der Waals surface area contributed by atoms with Crippen molar-refractivity contribution in [3.8, 4) is 11.5 Å². The number of ketones is 1. The number of urea groups is 1. The van der Waals surface area contributed by atoms with Crippen LogP contribution in [0, 0.1) is 0 Å². The molecule has 9 heteroatoms. The Kier molecular flexibility index (Phi) is 4.81. The van der Waals surface area contributed by atoms with Gasteiger partial charge in [0.25, 0.3) is 11.1 Å². The van der Waals surface area contributed by atoms with Gasteiger partial charge in [-0.1, -0.05) is 30.0 Å². The molecule has 0 saturated carbocycles. The molecule has 0 spiro atoms. The van der Waals surface area contributed by atoms with Gasteiger partial charge in [0.15, 0.2) is 5.78 Å². The lowest BCUT2D eigenvalue weighted by Gasteiger charge is -2.03. The lowest BCUT2D eigenvalue weighted by Crippen LogP contribution is -2.19. The fourth-order valence-corrected chi connectivity index (χ4v) is 3.38. The zero-order valence-electron chi connectivity index (χ0n) is 14.5. The summed E-state index contributed by atoms with van der Waals surface area (Å²) in [5.41, 5.74) is 7.89. The Morgan fingerprint density at radius 3 is 2.68 bits per heavy atom. The van der Waals surface area contributed by atoms with Gasteiger partial charge in [-0.25, -0.2) is 4.79 Å². The molecule has 2 aromatic carbocycles. The molecule has 0 saturated heterocycles. The first-order valence-electron chi connectivity index (χ1n) is 8.32. The third-order valence-electron chi connectivity index (χ3n) is 4.03. The minimum absolute atomic E-state index is 0.0949. The number of hydrogen-bond acceptors (Lipinski definition) is 6. The molecule has 0 aliphatic heterocycles. The molecule has 8 nitrogen and oxygen atoms in total. The Hall–Kier alpha value is -3.59. The highest BCUT2D eigenvalue weighted by Gasteiger charge is 2.15. The third-order valence-corrected chi connectivity index (χ3v) is 4.85. The van der Waals surface area contributed by atoms with Crippen LogP contribution in [0.1, 0.15) is 10.4 Å².